The highest BCUT2D eigenvalue weighted by Crippen LogP contribution is 2.44. The van der Waals surface area contributed by atoms with Crippen LogP contribution in [0.25, 0.3) is 11.1 Å². The molecule has 2 atom stereocenters. The lowest BCUT2D eigenvalue weighted by Crippen LogP contribution is -2.47. The van der Waals surface area contributed by atoms with Crippen molar-refractivity contribution in [3.63, 3.8) is 0 Å². The topological polar surface area (TPSA) is 118 Å². The van der Waals surface area contributed by atoms with Crippen molar-refractivity contribution < 1.29 is 24.2 Å². The van der Waals surface area contributed by atoms with Crippen LogP contribution >= 0.6 is 11.3 Å². The highest BCUT2D eigenvalue weighted by atomic mass is 32.1. The minimum Gasteiger partial charge on any atom is -0.481 e. The molecule has 182 valence electrons. The highest BCUT2D eigenvalue weighted by molar-refractivity contribution is 7.11. The summed E-state index contributed by atoms with van der Waals surface area (Å²) in [6.45, 7) is 3.81. The summed E-state index contributed by atoms with van der Waals surface area (Å²) < 4.78 is 5.53. The second kappa shape index (κ2) is 10.7. The molecule has 9 heteroatoms. The standard InChI is InChI=1S/C26H27N3O5S/c1-15-13-27-25(35-15)16(2)28-24(32)22(11-12-23(30)31)29-26(33)34-14-21-19-9-5-3-7-17(19)18-8-4-6-10-20(18)21/h3-10,13,16,21-22H,11-12,14H2,1-2H3,(H,28,32)(H,29,33)(H,30,31). The average Bonchev–Trinajstić information content (AvgIpc) is 3.41. The number of carbonyl (C=O) groups excluding carboxylic acids is 2. The van der Waals surface area contributed by atoms with Crippen molar-refractivity contribution >= 4 is 29.3 Å². The fourth-order valence-corrected chi connectivity index (χ4v) is 5.04. The number of alkyl carbamates (subject to hydrolysis) is 1. The zero-order valence-electron chi connectivity index (χ0n) is 19.5. The lowest BCUT2D eigenvalue weighted by Gasteiger charge is -2.21. The number of amides is 2. The van der Waals surface area contributed by atoms with Gasteiger partial charge in [-0.15, -0.1) is 11.3 Å². The van der Waals surface area contributed by atoms with Crippen molar-refractivity contribution in [3.8, 4) is 11.1 Å². The molecule has 4 rings (SSSR count). The normalized spacial score (nSPS) is 13.9. The first kappa shape index (κ1) is 24.4. The molecule has 1 heterocycles. The number of carbonyl (C=O) groups is 3. The third kappa shape index (κ3) is 5.68. The number of fused-ring (bicyclic) bond motifs is 3. The smallest absolute Gasteiger partial charge is 0.407 e. The van der Waals surface area contributed by atoms with Crippen molar-refractivity contribution in [1.29, 1.82) is 0 Å². The third-order valence-corrected chi connectivity index (χ3v) is 7.06. The highest BCUT2D eigenvalue weighted by Gasteiger charge is 2.30. The average molecular weight is 494 g/mol. The quantitative estimate of drug-likeness (QED) is 0.407. The number of aromatic nitrogens is 1. The molecule has 8 nitrogen and oxygen atoms in total. The Hall–Kier alpha value is -3.72. The van der Waals surface area contributed by atoms with Crippen molar-refractivity contribution in [2.45, 2.75) is 44.7 Å². The summed E-state index contributed by atoms with van der Waals surface area (Å²) in [6, 6.07) is 14.6. The zero-order chi connectivity index (χ0) is 24.9. The van der Waals surface area contributed by atoms with Crippen LogP contribution in [0.2, 0.25) is 0 Å². The molecule has 0 saturated heterocycles. The molecule has 1 aromatic heterocycles. The van der Waals surface area contributed by atoms with Crippen molar-refractivity contribution in [2.24, 2.45) is 0 Å². The number of carboxylic acid groups (broad SMARTS) is 1. The Morgan fingerprint density at radius 1 is 1.06 bits per heavy atom. The van der Waals surface area contributed by atoms with Gasteiger partial charge in [0, 0.05) is 23.4 Å². The van der Waals surface area contributed by atoms with Crippen LogP contribution in [-0.2, 0) is 14.3 Å². The van der Waals surface area contributed by atoms with Gasteiger partial charge in [-0.3, -0.25) is 9.59 Å². The van der Waals surface area contributed by atoms with E-state index in [4.69, 9.17) is 9.84 Å². The van der Waals surface area contributed by atoms with E-state index in [0.29, 0.717) is 0 Å². The van der Waals surface area contributed by atoms with E-state index in [1.165, 1.54) is 11.3 Å². The zero-order valence-corrected chi connectivity index (χ0v) is 20.3. The van der Waals surface area contributed by atoms with Crippen molar-refractivity contribution in [1.82, 2.24) is 15.6 Å². The molecule has 0 saturated carbocycles. The summed E-state index contributed by atoms with van der Waals surface area (Å²) in [4.78, 5) is 41.9. The summed E-state index contributed by atoms with van der Waals surface area (Å²) in [5.74, 6) is -1.66. The Labute approximate surface area is 207 Å². The largest absolute Gasteiger partial charge is 0.481 e. The second-order valence-electron chi connectivity index (χ2n) is 8.49. The Balaban J connectivity index is 1.41. The summed E-state index contributed by atoms with van der Waals surface area (Å²) in [5, 5.41) is 15.2. The van der Waals surface area contributed by atoms with E-state index in [-0.39, 0.29) is 31.4 Å². The number of thiazole rings is 1. The molecule has 3 aromatic rings. The van der Waals surface area contributed by atoms with E-state index in [0.717, 1.165) is 32.1 Å². The Kier molecular flexibility index (Phi) is 7.45. The minimum absolute atomic E-state index is 0.0605. The van der Waals surface area contributed by atoms with Crippen LogP contribution in [0.15, 0.2) is 54.7 Å². The number of nitrogens with zero attached hydrogens (tertiary/aromatic N) is 1. The van der Waals surface area contributed by atoms with Gasteiger partial charge in [-0.25, -0.2) is 9.78 Å². The van der Waals surface area contributed by atoms with Crippen LogP contribution in [0.4, 0.5) is 4.79 Å². The van der Waals surface area contributed by atoms with E-state index in [2.05, 4.69) is 15.6 Å². The van der Waals surface area contributed by atoms with E-state index in [9.17, 15) is 14.4 Å². The fourth-order valence-electron chi connectivity index (χ4n) is 4.27. The molecular weight excluding hydrogens is 466 g/mol. The number of hydrogen-bond donors (Lipinski definition) is 3. The molecular formula is C26H27N3O5S. The number of rotatable bonds is 9. The summed E-state index contributed by atoms with van der Waals surface area (Å²) in [7, 11) is 0. The first-order valence-electron chi connectivity index (χ1n) is 11.4. The van der Waals surface area contributed by atoms with Gasteiger partial charge in [-0.1, -0.05) is 48.5 Å². The van der Waals surface area contributed by atoms with Gasteiger partial charge in [-0.05, 0) is 42.5 Å². The SMILES string of the molecule is Cc1cnc(C(C)NC(=O)C(CCC(=O)O)NC(=O)OCC2c3ccccc3-c3ccccc32)s1. The first-order valence-corrected chi connectivity index (χ1v) is 12.2. The van der Waals surface area contributed by atoms with Crippen molar-refractivity contribution in [2.75, 3.05) is 6.61 Å². The minimum atomic E-state index is -1.05. The maximum absolute atomic E-state index is 12.9. The van der Waals surface area contributed by atoms with Gasteiger partial charge in [0.15, 0.2) is 0 Å². The number of aliphatic carboxylic acids is 1. The van der Waals surface area contributed by atoms with Gasteiger partial charge in [0.2, 0.25) is 5.91 Å². The number of ether oxygens (including phenoxy) is 1. The molecule has 3 N–H and O–H groups in total. The molecule has 0 aliphatic heterocycles. The maximum Gasteiger partial charge on any atom is 0.407 e. The molecule has 0 fully saturated rings. The number of benzene rings is 2. The summed E-state index contributed by atoms with van der Waals surface area (Å²) in [6.07, 6.45) is 0.621. The van der Waals surface area contributed by atoms with Crippen LogP contribution in [0.1, 0.15) is 52.7 Å². The molecule has 1 aliphatic carbocycles. The molecule has 2 unspecified atom stereocenters. The number of carboxylic acids is 1. The van der Waals surface area contributed by atoms with E-state index < -0.39 is 24.0 Å². The monoisotopic (exact) mass is 493 g/mol. The molecule has 35 heavy (non-hydrogen) atoms. The predicted molar refractivity (Wildman–Crippen MR) is 132 cm³/mol. The number of hydrogen-bond acceptors (Lipinski definition) is 6. The molecule has 0 spiro atoms. The number of aryl methyl sites for hydroxylation is 1. The molecule has 1 aliphatic rings. The van der Waals surface area contributed by atoms with Crippen LogP contribution in [0, 0.1) is 6.92 Å². The predicted octanol–water partition coefficient (Wildman–Crippen LogP) is 4.40. The van der Waals surface area contributed by atoms with E-state index in [1.54, 1.807) is 13.1 Å². The lowest BCUT2D eigenvalue weighted by molar-refractivity contribution is -0.137. The van der Waals surface area contributed by atoms with Gasteiger partial charge in [0.25, 0.3) is 0 Å². The third-order valence-electron chi connectivity index (χ3n) is 5.97. The summed E-state index contributed by atoms with van der Waals surface area (Å²) >= 11 is 1.46. The van der Waals surface area contributed by atoms with Crippen LogP contribution in [-0.4, -0.2) is 40.7 Å². The second-order valence-corrected chi connectivity index (χ2v) is 9.76. The molecule has 2 amide bonds. The lowest BCUT2D eigenvalue weighted by atomic mass is 9.98. The van der Waals surface area contributed by atoms with Crippen LogP contribution in [0.3, 0.4) is 0 Å². The molecule has 0 radical (unpaired) electrons. The molecule has 0 bridgehead atoms. The Morgan fingerprint density at radius 3 is 2.26 bits per heavy atom. The van der Waals surface area contributed by atoms with Gasteiger partial charge < -0.3 is 20.5 Å². The first-order chi connectivity index (χ1) is 16.8. The van der Waals surface area contributed by atoms with Crippen molar-refractivity contribution in [3.05, 3.63) is 75.7 Å². The Bertz CT molecular complexity index is 1200. The van der Waals surface area contributed by atoms with Gasteiger partial charge >= 0.3 is 12.1 Å². The fraction of sp³-hybridized carbons (Fsp3) is 0.308. The molecule has 2 aromatic carbocycles. The maximum atomic E-state index is 12.9. The number of nitrogens with one attached hydrogen (secondary N) is 2. The van der Waals surface area contributed by atoms with Gasteiger partial charge in [0.1, 0.15) is 17.7 Å². The Morgan fingerprint density at radius 2 is 1.69 bits per heavy atom. The van der Waals surface area contributed by atoms with Crippen LogP contribution < -0.4 is 10.6 Å². The van der Waals surface area contributed by atoms with E-state index >= 15 is 0 Å². The van der Waals surface area contributed by atoms with E-state index in [1.807, 2.05) is 55.5 Å². The summed E-state index contributed by atoms with van der Waals surface area (Å²) in [5.41, 5.74) is 4.38. The van der Waals surface area contributed by atoms with Crippen LogP contribution in [0.5, 0.6) is 0 Å². The van der Waals surface area contributed by atoms with Gasteiger partial charge in [0.05, 0.1) is 6.04 Å². The van der Waals surface area contributed by atoms with Gasteiger partial charge in [-0.2, -0.15) is 0 Å².